The van der Waals surface area contributed by atoms with Gasteiger partial charge in [-0.3, -0.25) is 4.79 Å². The molecule has 1 aliphatic rings. The molecule has 0 radical (unpaired) electrons. The average Bonchev–Trinajstić information content (AvgIpc) is 3.57. The van der Waals surface area contributed by atoms with Gasteiger partial charge in [0.05, 0.1) is 30.7 Å². The first-order chi connectivity index (χ1) is 19.5. The second-order valence-electron chi connectivity index (χ2n) is 9.20. The molecule has 202 valence electrons. The third kappa shape index (κ3) is 5.53. The van der Waals surface area contributed by atoms with Gasteiger partial charge in [0.1, 0.15) is 22.4 Å². The number of anilines is 1. The van der Waals surface area contributed by atoms with Crippen molar-refractivity contribution in [2.45, 2.75) is 32.6 Å². The molecule has 0 spiro atoms. The molecule has 2 aromatic heterocycles. The summed E-state index contributed by atoms with van der Waals surface area (Å²) in [5.74, 6) is -0.345. The van der Waals surface area contributed by atoms with Crippen LogP contribution in [0.15, 0.2) is 66.4 Å². The molecular weight excluding hydrogens is 524 g/mol. The Morgan fingerprint density at radius 2 is 1.88 bits per heavy atom. The predicted molar refractivity (Wildman–Crippen MR) is 155 cm³/mol. The summed E-state index contributed by atoms with van der Waals surface area (Å²) >= 11 is 1.39. The molecule has 8 nitrogen and oxygen atoms in total. The van der Waals surface area contributed by atoms with Crippen LogP contribution in [0, 0.1) is 11.3 Å². The molecule has 0 fully saturated rings. The number of amides is 1. The number of carbonyl (C=O) groups is 2. The molecule has 1 N–H and O–H groups in total. The number of aromatic nitrogens is 2. The fourth-order valence-corrected chi connectivity index (χ4v) is 6.00. The van der Waals surface area contributed by atoms with Gasteiger partial charge in [0, 0.05) is 22.2 Å². The van der Waals surface area contributed by atoms with E-state index in [2.05, 4.69) is 5.32 Å². The Morgan fingerprint density at radius 3 is 2.58 bits per heavy atom. The van der Waals surface area contributed by atoms with E-state index < -0.39 is 11.9 Å². The van der Waals surface area contributed by atoms with E-state index in [1.807, 2.05) is 60.7 Å². The molecule has 0 saturated carbocycles. The van der Waals surface area contributed by atoms with Crippen molar-refractivity contribution in [3.63, 3.8) is 0 Å². The Balaban J connectivity index is 1.52. The minimum absolute atomic E-state index is 0.108. The first-order valence-electron chi connectivity index (χ1n) is 13.1. The molecule has 9 heteroatoms. The summed E-state index contributed by atoms with van der Waals surface area (Å²) in [6, 6.07) is 19.0. The number of hydrogen-bond acceptors (Lipinski definition) is 7. The zero-order valence-electron chi connectivity index (χ0n) is 22.3. The van der Waals surface area contributed by atoms with Crippen molar-refractivity contribution in [3.8, 4) is 28.8 Å². The van der Waals surface area contributed by atoms with Gasteiger partial charge in [0.25, 0.3) is 5.91 Å². The molecule has 2 heterocycles. The molecule has 0 aliphatic heterocycles. The Bertz CT molecular complexity index is 1610. The molecule has 0 unspecified atom stereocenters. The number of aryl methyl sites for hydroxylation is 1. The Labute approximate surface area is 236 Å². The maximum Gasteiger partial charge on any atom is 0.341 e. The van der Waals surface area contributed by atoms with Crippen LogP contribution in [0.5, 0.6) is 5.75 Å². The number of ether oxygens (including phenoxy) is 2. The highest BCUT2D eigenvalue weighted by atomic mass is 32.1. The van der Waals surface area contributed by atoms with Crippen LogP contribution < -0.4 is 10.1 Å². The van der Waals surface area contributed by atoms with E-state index in [-0.39, 0.29) is 12.2 Å². The fourth-order valence-electron chi connectivity index (χ4n) is 4.73. The minimum atomic E-state index is -0.597. The molecule has 0 bridgehead atoms. The fraction of sp³-hybridized carbons (Fsp3) is 0.226. The largest absolute Gasteiger partial charge is 0.497 e. The van der Waals surface area contributed by atoms with E-state index >= 15 is 0 Å². The molecule has 2 aromatic carbocycles. The number of thiophene rings is 1. The monoisotopic (exact) mass is 552 g/mol. The van der Waals surface area contributed by atoms with Crippen molar-refractivity contribution in [2.75, 3.05) is 19.0 Å². The zero-order chi connectivity index (χ0) is 28.1. The van der Waals surface area contributed by atoms with Gasteiger partial charge in [-0.15, -0.1) is 11.3 Å². The minimum Gasteiger partial charge on any atom is -0.497 e. The Hall–Kier alpha value is -4.68. The lowest BCUT2D eigenvalue weighted by Crippen LogP contribution is -2.16. The molecular formula is C31H28N4O4S. The van der Waals surface area contributed by atoms with Crippen LogP contribution in [0.3, 0.4) is 0 Å². The zero-order valence-corrected chi connectivity index (χ0v) is 23.1. The normalized spacial score (nSPS) is 12.8. The number of para-hydroxylation sites is 1. The molecule has 1 aliphatic carbocycles. The number of rotatable bonds is 8. The number of methoxy groups -OCH3 is 1. The van der Waals surface area contributed by atoms with Gasteiger partial charge in [0.2, 0.25) is 0 Å². The second kappa shape index (κ2) is 12.0. The first kappa shape index (κ1) is 26.9. The number of nitrogens with zero attached hydrogens (tertiary/aromatic N) is 3. The predicted octanol–water partition coefficient (Wildman–Crippen LogP) is 6.21. The van der Waals surface area contributed by atoms with Gasteiger partial charge in [-0.05, 0) is 80.6 Å². The van der Waals surface area contributed by atoms with Gasteiger partial charge in [0.15, 0.2) is 0 Å². The van der Waals surface area contributed by atoms with Gasteiger partial charge in [-0.2, -0.15) is 10.4 Å². The molecule has 40 heavy (non-hydrogen) atoms. The summed E-state index contributed by atoms with van der Waals surface area (Å²) in [7, 11) is 1.60. The van der Waals surface area contributed by atoms with E-state index in [1.165, 1.54) is 17.4 Å². The number of carbonyl (C=O) groups excluding carboxylic acids is 2. The van der Waals surface area contributed by atoms with Gasteiger partial charge >= 0.3 is 5.97 Å². The summed E-state index contributed by atoms with van der Waals surface area (Å²) in [6.45, 7) is 1.99. The molecule has 1 amide bonds. The molecule has 0 atom stereocenters. The summed E-state index contributed by atoms with van der Waals surface area (Å²) in [5.41, 5.74) is 4.07. The topological polar surface area (TPSA) is 106 Å². The van der Waals surface area contributed by atoms with Crippen LogP contribution in [-0.4, -0.2) is 35.4 Å². The van der Waals surface area contributed by atoms with Crippen LogP contribution in [0.25, 0.3) is 23.0 Å². The maximum absolute atomic E-state index is 13.4. The summed E-state index contributed by atoms with van der Waals surface area (Å²) < 4.78 is 12.3. The van der Waals surface area contributed by atoms with Crippen molar-refractivity contribution in [3.05, 3.63) is 87.9 Å². The Morgan fingerprint density at radius 1 is 1.12 bits per heavy atom. The van der Waals surface area contributed by atoms with Gasteiger partial charge in [-0.1, -0.05) is 18.2 Å². The van der Waals surface area contributed by atoms with Gasteiger partial charge in [-0.25, -0.2) is 9.48 Å². The maximum atomic E-state index is 13.4. The first-order valence-corrected chi connectivity index (χ1v) is 13.9. The number of benzene rings is 2. The van der Waals surface area contributed by atoms with Crippen LogP contribution in [-0.2, 0) is 22.4 Å². The van der Waals surface area contributed by atoms with Crippen molar-refractivity contribution in [1.29, 1.82) is 5.26 Å². The quantitative estimate of drug-likeness (QED) is 0.158. The summed E-state index contributed by atoms with van der Waals surface area (Å²) in [4.78, 5) is 27.3. The smallest absolute Gasteiger partial charge is 0.341 e. The highest BCUT2D eigenvalue weighted by Gasteiger charge is 2.28. The standard InChI is InChI=1S/C31H28N4O4S/c1-3-39-31(37)27-25-11-7-8-12-26(25)40-30(27)33-29(36)21(18-32)17-22-19-35(23-9-5-4-6-10-23)34-28(22)20-13-15-24(38-2)16-14-20/h4-6,9-10,13-17,19H,3,7-8,11-12H2,1-2H3,(H,33,36). The van der Waals surface area contributed by atoms with Crippen molar-refractivity contribution in [1.82, 2.24) is 9.78 Å². The van der Waals surface area contributed by atoms with Crippen molar-refractivity contribution >= 4 is 34.3 Å². The lowest BCUT2D eigenvalue weighted by Gasteiger charge is -2.12. The van der Waals surface area contributed by atoms with Gasteiger partial charge < -0.3 is 14.8 Å². The third-order valence-corrected chi connectivity index (χ3v) is 7.88. The average molecular weight is 553 g/mol. The van der Waals surface area contributed by atoms with Crippen LogP contribution in [0.1, 0.15) is 46.1 Å². The number of nitriles is 1. The molecule has 0 saturated heterocycles. The second-order valence-corrected chi connectivity index (χ2v) is 10.3. The van der Waals surface area contributed by atoms with Crippen LogP contribution >= 0.6 is 11.3 Å². The number of hydrogen-bond donors (Lipinski definition) is 1. The third-order valence-electron chi connectivity index (χ3n) is 6.67. The lowest BCUT2D eigenvalue weighted by atomic mass is 9.95. The van der Waals surface area contributed by atoms with Crippen molar-refractivity contribution < 1.29 is 19.1 Å². The Kier molecular flexibility index (Phi) is 8.08. The van der Waals surface area contributed by atoms with E-state index in [0.717, 1.165) is 47.4 Å². The van der Waals surface area contributed by atoms with Crippen LogP contribution in [0.2, 0.25) is 0 Å². The summed E-state index contributed by atoms with van der Waals surface area (Å²) in [6.07, 6.45) is 6.94. The van der Waals surface area contributed by atoms with E-state index in [1.54, 1.807) is 24.9 Å². The molecule has 4 aromatic rings. The lowest BCUT2D eigenvalue weighted by molar-refractivity contribution is -0.112. The van der Waals surface area contributed by atoms with E-state index in [4.69, 9.17) is 14.6 Å². The van der Waals surface area contributed by atoms with Crippen LogP contribution in [0.4, 0.5) is 5.00 Å². The number of esters is 1. The highest BCUT2D eigenvalue weighted by molar-refractivity contribution is 7.17. The SMILES string of the molecule is CCOC(=O)c1c(NC(=O)C(C#N)=Cc2cn(-c3ccccc3)nc2-c2ccc(OC)cc2)sc2c1CCCC2. The van der Waals surface area contributed by atoms with E-state index in [0.29, 0.717) is 27.6 Å². The summed E-state index contributed by atoms with van der Waals surface area (Å²) in [5, 5.41) is 18.0. The number of nitrogens with one attached hydrogen (secondary N) is 1. The van der Waals surface area contributed by atoms with Crippen molar-refractivity contribution in [2.24, 2.45) is 0 Å². The molecule has 5 rings (SSSR count). The highest BCUT2D eigenvalue weighted by Crippen LogP contribution is 2.39. The van der Waals surface area contributed by atoms with E-state index in [9.17, 15) is 14.9 Å². The number of fused-ring (bicyclic) bond motifs is 1.